The van der Waals surface area contributed by atoms with Crippen molar-refractivity contribution >= 4 is 87.1 Å². The van der Waals surface area contributed by atoms with Gasteiger partial charge in [-0.05, 0) is 168 Å². The van der Waals surface area contributed by atoms with Crippen molar-refractivity contribution in [3.05, 3.63) is 284 Å². The summed E-state index contributed by atoms with van der Waals surface area (Å²) in [6.07, 6.45) is 8.13. The highest BCUT2D eigenvalue weighted by Gasteiger charge is 2.44. The Bertz CT molecular complexity index is 5770. The lowest BCUT2D eigenvalue weighted by molar-refractivity contribution is -0.133. The maximum absolute atomic E-state index is 13.9. The molecular weight excluding hydrogens is 1860 g/mol. The SMILES string of the molecule is CC(C)(C)NC(=O)[C@@H]1CN(Cc2cccnc2)CCN1C[C@@H](O)C[C@@H](Cc1ccccc1)C(=O)N[C@H]1c2ccccc2C[C@H]1O.CC(C)(C)NC(=O)[C@@H]1C[C@@H]2CCCC[C@@H]2CN1C[C@@H](O)[C@H](Cc1ccccc1)NC(=O)[C@H](CC(N)=O)NC(=O)c1ccc2ccccc2n1.CC(C)c1nc(CN(C)C(=O)N[C@H](C(=O)N[C@@H](Cc2ccccc2)C[C@H](O)[C@H](Cc2ccccc2)NC(=O)OCc2cncs2)C(C)C)cs1. The zero-order valence-corrected chi connectivity index (χ0v) is 86.2. The van der Waals surface area contributed by atoms with E-state index >= 15 is 0 Å². The molecule has 2 aliphatic carbocycles. The van der Waals surface area contributed by atoms with Gasteiger partial charge >= 0.3 is 12.1 Å². The third-order valence-electron chi connectivity index (χ3n) is 26.5. The predicted octanol–water partition coefficient (Wildman–Crippen LogP) is 11.9. The molecule has 0 unspecified atom stereocenters. The number of β-amino-alcohol motifs (C(OH)–C–C–N with tert-alkyl or cyclic N) is 2. The van der Waals surface area contributed by atoms with Crippen LogP contribution in [0.2, 0.25) is 0 Å². The second kappa shape index (κ2) is 53.5. The van der Waals surface area contributed by atoms with Crippen LogP contribution in [-0.4, -0.2) is 238 Å². The lowest BCUT2D eigenvalue weighted by Crippen LogP contribution is -2.61. The number of piperidine rings is 1. The van der Waals surface area contributed by atoms with Crippen molar-refractivity contribution in [2.24, 2.45) is 29.4 Å². The minimum atomic E-state index is -1.30. The summed E-state index contributed by atoms with van der Waals surface area (Å²) < 4.78 is 5.42. The summed E-state index contributed by atoms with van der Waals surface area (Å²) in [7, 11) is 1.68. The largest absolute Gasteiger partial charge is 0.444 e. The Morgan fingerprint density at radius 3 is 1.79 bits per heavy atom. The number of nitrogens with two attached hydrogens (primary N) is 1. The average Bonchev–Trinajstić information content (AvgIpc) is 1.70. The maximum Gasteiger partial charge on any atom is 0.407 e. The molecule has 33 heteroatoms. The number of nitrogens with zero attached hydrogens (tertiary/aromatic N) is 8. The highest BCUT2D eigenvalue weighted by molar-refractivity contribution is 7.10. The van der Waals surface area contributed by atoms with Crippen LogP contribution >= 0.6 is 22.7 Å². The molecule has 0 spiro atoms. The third-order valence-corrected chi connectivity index (χ3v) is 28.5. The summed E-state index contributed by atoms with van der Waals surface area (Å²) >= 11 is 2.95. The van der Waals surface area contributed by atoms with Crippen LogP contribution in [0.1, 0.15) is 198 Å². The molecule has 770 valence electrons. The Balaban J connectivity index is 0.000000193. The smallest absolute Gasteiger partial charge is 0.407 e. The standard InChI is InChI=1S/C38H50N6O5.C37H48N6O5S2.C36H47N5O4/c1-38(2,3)43-37(49)32-20-26-14-7-8-15-27(26)22-44(32)23-33(45)30(19-24-11-5-4-6-12-24)41-36(48)31(21-34(39)46)42-35(47)29-18-17-25-13-9-10-16-28(25)40-29;1-24(2)33(42-36(46)43(5)20-29-22-49-35(40-29)25(3)4)34(45)39-28(16-26-12-8-6-9-13-26)18-32(44)31(17-27-14-10-7-11-15-27)41-37(47)48-21-30-19-38-23-50-30;1-36(2,3)39-35(45)31-24-40(22-26-12-9-15-37-21-26)16-17-41(31)23-29(42)19-28(18-25-10-5-4-6-11-25)34(44)38-33-30-14-8-7-13-27(30)20-32(33)43/h4-6,9-13,16-18,26-27,30-33,45H,7-8,14-15,19-23H2,1-3H3,(H2,39,46)(H,41,48)(H,42,47)(H,43,49);6-15,19,22-25,28,31-33,44H,16-18,20-21H2,1-5H3,(H,39,45)(H,41,47)(H,42,46);4-15,21,28-29,31-33,42-43H,16-20,22-24H2,1-3H3,(H,38,44)(H,39,45)/t26-,27+,30-,31-,32-,33+;28-,31-,32-,33-;28-,29+,31+,32-,33+/m001/s1. The van der Waals surface area contributed by atoms with E-state index in [1.54, 1.807) is 54.5 Å². The molecule has 1 saturated carbocycles. The highest BCUT2D eigenvalue weighted by atomic mass is 32.1. The number of primary amides is 1. The Morgan fingerprint density at radius 1 is 0.576 bits per heavy atom. The molecule has 10 amide bonds. The molecule has 0 bridgehead atoms. The predicted molar refractivity (Wildman–Crippen MR) is 559 cm³/mol. The van der Waals surface area contributed by atoms with Gasteiger partial charge in [0.1, 0.15) is 30.4 Å². The number of amides is 10. The second-order valence-electron chi connectivity index (χ2n) is 41.3. The van der Waals surface area contributed by atoms with Gasteiger partial charge in [-0.1, -0.05) is 223 Å². The van der Waals surface area contributed by atoms with E-state index in [0.29, 0.717) is 81.7 Å². The zero-order chi connectivity index (χ0) is 103. The van der Waals surface area contributed by atoms with E-state index in [0.717, 1.165) is 92.1 Å². The minimum absolute atomic E-state index is 0.0566. The fraction of sp³-hybridized carbons (Fsp3) is 0.468. The number of alkyl carbamates (subject to hydrolysis) is 1. The summed E-state index contributed by atoms with van der Waals surface area (Å²) in [6.45, 7) is 23.8. The van der Waals surface area contributed by atoms with Gasteiger partial charge in [-0.15, -0.1) is 22.7 Å². The highest BCUT2D eigenvalue weighted by Crippen LogP contribution is 2.40. The number of nitrogens with one attached hydrogen (secondary N) is 8. The van der Waals surface area contributed by atoms with E-state index in [1.165, 1.54) is 22.7 Å². The number of piperazine rings is 1. The van der Waals surface area contributed by atoms with Crippen LogP contribution in [0.4, 0.5) is 9.59 Å². The van der Waals surface area contributed by atoms with Gasteiger partial charge in [-0.2, -0.15) is 0 Å². The van der Waals surface area contributed by atoms with Crippen LogP contribution in [0.5, 0.6) is 0 Å². The number of thiazole rings is 2. The topological polar surface area (TPSA) is 431 Å². The number of para-hydroxylation sites is 1. The Labute approximate surface area is 854 Å². The summed E-state index contributed by atoms with van der Waals surface area (Å²) in [4.78, 5) is 146. The van der Waals surface area contributed by atoms with E-state index in [1.807, 2.05) is 243 Å². The van der Waals surface area contributed by atoms with Gasteiger partial charge in [0.15, 0.2) is 0 Å². The molecule has 2 saturated heterocycles. The first kappa shape index (κ1) is 110. The molecule has 2 aliphatic heterocycles. The van der Waals surface area contributed by atoms with Crippen LogP contribution < -0.4 is 48.3 Å². The van der Waals surface area contributed by atoms with Crippen LogP contribution in [0, 0.1) is 23.7 Å². The maximum atomic E-state index is 13.9. The summed E-state index contributed by atoms with van der Waals surface area (Å²) in [5, 5.41) is 73.4. The number of fused-ring (bicyclic) bond motifs is 3. The molecule has 144 heavy (non-hydrogen) atoms. The fourth-order valence-electron chi connectivity index (χ4n) is 19.2. The molecule has 6 heterocycles. The van der Waals surface area contributed by atoms with Crippen molar-refractivity contribution in [3.8, 4) is 0 Å². The number of carbonyl (C=O) groups excluding carboxylic acids is 9. The second-order valence-corrected chi connectivity index (χ2v) is 43.2. The number of likely N-dealkylation sites (tertiary alicyclic amines) is 1. The molecule has 4 aromatic heterocycles. The Kier molecular flexibility index (Phi) is 41.0. The van der Waals surface area contributed by atoms with Crippen molar-refractivity contribution in [1.29, 1.82) is 0 Å². The van der Waals surface area contributed by atoms with E-state index in [9.17, 15) is 63.6 Å². The van der Waals surface area contributed by atoms with Crippen molar-refractivity contribution < 1.29 is 68.3 Å². The quantitative estimate of drug-likeness (QED) is 0.0170. The number of hydrogen-bond acceptors (Lipinski definition) is 23. The number of hydrogen-bond donors (Lipinski definition) is 13. The molecule has 10 aromatic rings. The van der Waals surface area contributed by atoms with Crippen molar-refractivity contribution in [2.75, 3.05) is 46.3 Å². The fourth-order valence-corrected chi connectivity index (χ4v) is 20.5. The number of pyridine rings is 2. The third kappa shape index (κ3) is 34.5. The van der Waals surface area contributed by atoms with Gasteiger partial charge in [0.2, 0.25) is 35.4 Å². The normalized spacial score (nSPS) is 18.9. The molecule has 14 N–H and O–H groups in total. The van der Waals surface area contributed by atoms with Crippen LogP contribution in [0.3, 0.4) is 0 Å². The molecule has 3 fully saturated rings. The molecule has 4 aliphatic rings. The van der Waals surface area contributed by atoms with E-state index in [4.69, 9.17) is 10.5 Å². The first-order valence-electron chi connectivity index (χ1n) is 50.2. The lowest BCUT2D eigenvalue weighted by atomic mass is 9.72. The van der Waals surface area contributed by atoms with Crippen molar-refractivity contribution in [2.45, 2.75) is 262 Å². The van der Waals surface area contributed by atoms with Crippen molar-refractivity contribution in [3.63, 3.8) is 0 Å². The van der Waals surface area contributed by atoms with E-state index < -0.39 is 120 Å². The van der Waals surface area contributed by atoms with E-state index in [-0.39, 0.29) is 80.2 Å². The lowest BCUT2D eigenvalue weighted by Gasteiger charge is -2.47. The average molecular weight is 2010 g/mol. The number of aliphatic hydroxyl groups is 4. The number of aliphatic hydroxyl groups excluding tert-OH is 4. The summed E-state index contributed by atoms with van der Waals surface area (Å²) in [6, 6.07) is 55.0. The van der Waals surface area contributed by atoms with E-state index in [2.05, 4.69) is 91.0 Å². The van der Waals surface area contributed by atoms with Crippen molar-refractivity contribution in [1.82, 2.24) is 82.1 Å². The monoisotopic (exact) mass is 2000 g/mol. The molecule has 14 rings (SSSR count). The number of carbonyl (C=O) groups is 9. The van der Waals surface area contributed by atoms with Gasteiger partial charge in [0.05, 0.1) is 88.2 Å². The number of benzene rings is 6. The zero-order valence-electron chi connectivity index (χ0n) is 84.6. The van der Waals surface area contributed by atoms with Gasteiger partial charge in [0, 0.05) is 118 Å². The van der Waals surface area contributed by atoms with Gasteiger partial charge in [0.25, 0.3) is 5.91 Å². The van der Waals surface area contributed by atoms with Gasteiger partial charge < -0.3 is 78.3 Å². The Hall–Kier alpha value is -12.3. The van der Waals surface area contributed by atoms with Gasteiger partial charge in [-0.25, -0.2) is 19.6 Å². The summed E-state index contributed by atoms with van der Waals surface area (Å²) in [5.41, 5.74) is 14.7. The molecule has 6 aromatic carbocycles. The molecule has 31 nitrogen and oxygen atoms in total. The van der Waals surface area contributed by atoms with Crippen LogP contribution in [-0.2, 0) is 85.3 Å². The summed E-state index contributed by atoms with van der Waals surface area (Å²) in [5.74, 6) is -2.25. The van der Waals surface area contributed by atoms with Crippen LogP contribution in [0.25, 0.3) is 10.9 Å². The number of urea groups is 1. The molecular formula is C111H145N17O14S2. The van der Waals surface area contributed by atoms with Gasteiger partial charge in [-0.3, -0.25) is 58.2 Å². The van der Waals surface area contributed by atoms with Crippen LogP contribution in [0.15, 0.2) is 224 Å². The Morgan fingerprint density at radius 2 is 1.18 bits per heavy atom. The molecule has 0 radical (unpaired) electrons. The number of rotatable bonds is 40. The first-order chi connectivity index (χ1) is 68.9. The number of ether oxygens (including phenoxy) is 1. The minimum Gasteiger partial charge on any atom is -0.444 e. The first-order valence-corrected chi connectivity index (χ1v) is 52.0. The number of aromatic nitrogens is 4. The molecule has 15 atom stereocenters.